The van der Waals surface area contributed by atoms with Crippen LogP contribution in [0.4, 0.5) is 0 Å². The van der Waals surface area contributed by atoms with Crippen LogP contribution in [0.15, 0.2) is 36.3 Å². The highest BCUT2D eigenvalue weighted by Gasteiger charge is 2.50. The SMILES string of the molecule is CCCCCC/C(=C\B1OC(C)(C)C(C)(C)O1)c1ccccc1. The molecule has 0 N–H and O–H groups in total. The van der Waals surface area contributed by atoms with Crippen molar-refractivity contribution < 1.29 is 9.31 Å². The minimum Gasteiger partial charge on any atom is -0.400 e. The van der Waals surface area contributed by atoms with Gasteiger partial charge in [0.05, 0.1) is 11.2 Å². The molecule has 1 heterocycles. The fourth-order valence-electron chi connectivity index (χ4n) is 2.84. The smallest absolute Gasteiger partial charge is 0.400 e. The van der Waals surface area contributed by atoms with E-state index in [0.29, 0.717) is 0 Å². The van der Waals surface area contributed by atoms with Gasteiger partial charge in [0, 0.05) is 0 Å². The maximum atomic E-state index is 6.14. The average Bonchev–Trinajstić information content (AvgIpc) is 2.70. The summed E-state index contributed by atoms with van der Waals surface area (Å²) in [6, 6.07) is 10.6. The Kier molecular flexibility index (Phi) is 6.10. The monoisotopic (exact) mass is 314 g/mol. The van der Waals surface area contributed by atoms with Crippen molar-refractivity contribution in [3.63, 3.8) is 0 Å². The zero-order valence-electron chi connectivity index (χ0n) is 15.4. The Hall–Kier alpha value is -1.06. The third-order valence-corrected chi connectivity index (χ3v) is 5.05. The van der Waals surface area contributed by atoms with Crippen molar-refractivity contribution in [3.8, 4) is 0 Å². The first-order chi connectivity index (χ1) is 10.9. The van der Waals surface area contributed by atoms with E-state index in [9.17, 15) is 0 Å². The summed E-state index contributed by atoms with van der Waals surface area (Å²) in [6.07, 6.45) is 6.15. The van der Waals surface area contributed by atoms with Crippen molar-refractivity contribution in [3.05, 3.63) is 41.9 Å². The van der Waals surface area contributed by atoms with Crippen LogP contribution in [-0.4, -0.2) is 18.3 Å². The summed E-state index contributed by atoms with van der Waals surface area (Å²) in [5, 5.41) is 0. The number of allylic oxidation sites excluding steroid dienone is 1. The van der Waals surface area contributed by atoms with E-state index in [2.05, 4.69) is 70.9 Å². The van der Waals surface area contributed by atoms with E-state index in [1.54, 1.807) is 0 Å². The van der Waals surface area contributed by atoms with E-state index < -0.39 is 0 Å². The largest absolute Gasteiger partial charge is 0.487 e. The second-order valence-electron chi connectivity index (χ2n) is 7.49. The number of rotatable bonds is 7. The maximum absolute atomic E-state index is 6.14. The lowest BCUT2D eigenvalue weighted by atomic mass is 9.83. The summed E-state index contributed by atoms with van der Waals surface area (Å²) < 4.78 is 12.3. The van der Waals surface area contributed by atoms with Gasteiger partial charge in [-0.15, -0.1) is 0 Å². The molecule has 2 rings (SSSR count). The summed E-state index contributed by atoms with van der Waals surface area (Å²) >= 11 is 0. The third kappa shape index (κ3) is 4.71. The molecule has 126 valence electrons. The van der Waals surface area contributed by atoms with E-state index in [1.165, 1.54) is 36.8 Å². The number of unbranched alkanes of at least 4 members (excludes halogenated alkanes) is 3. The van der Waals surface area contributed by atoms with Crippen LogP contribution in [0.1, 0.15) is 72.3 Å². The van der Waals surface area contributed by atoms with Crippen LogP contribution >= 0.6 is 0 Å². The molecule has 0 aromatic heterocycles. The van der Waals surface area contributed by atoms with Crippen molar-refractivity contribution in [2.45, 2.75) is 77.9 Å². The Morgan fingerprint density at radius 2 is 1.57 bits per heavy atom. The molecule has 0 unspecified atom stereocenters. The van der Waals surface area contributed by atoms with Crippen LogP contribution in [0, 0.1) is 0 Å². The quantitative estimate of drug-likeness (QED) is 0.477. The number of hydrogen-bond acceptors (Lipinski definition) is 2. The van der Waals surface area contributed by atoms with Crippen LogP contribution in [-0.2, 0) is 9.31 Å². The molecular weight excluding hydrogens is 283 g/mol. The maximum Gasteiger partial charge on any atom is 0.487 e. The first-order valence-corrected chi connectivity index (χ1v) is 8.97. The predicted octanol–water partition coefficient (Wildman–Crippen LogP) is 5.67. The van der Waals surface area contributed by atoms with Gasteiger partial charge in [-0.1, -0.05) is 62.5 Å². The molecule has 0 spiro atoms. The van der Waals surface area contributed by atoms with E-state index in [0.717, 1.165) is 6.42 Å². The van der Waals surface area contributed by atoms with E-state index in [-0.39, 0.29) is 18.3 Å². The third-order valence-electron chi connectivity index (χ3n) is 5.05. The molecule has 0 saturated carbocycles. The van der Waals surface area contributed by atoms with Gasteiger partial charge < -0.3 is 9.31 Å². The van der Waals surface area contributed by atoms with E-state index in [4.69, 9.17) is 9.31 Å². The Bertz CT molecular complexity index is 504. The van der Waals surface area contributed by atoms with Gasteiger partial charge in [-0.05, 0) is 51.7 Å². The normalized spacial score (nSPS) is 20.0. The summed E-state index contributed by atoms with van der Waals surface area (Å²) in [5.74, 6) is 2.18. The van der Waals surface area contributed by atoms with Crippen LogP contribution < -0.4 is 0 Å². The molecule has 2 nitrogen and oxygen atoms in total. The number of benzene rings is 1. The molecule has 1 fully saturated rings. The molecule has 3 heteroatoms. The molecule has 0 radical (unpaired) electrons. The van der Waals surface area contributed by atoms with Crippen molar-refractivity contribution in [1.29, 1.82) is 0 Å². The van der Waals surface area contributed by atoms with Gasteiger partial charge in [0.1, 0.15) is 0 Å². The lowest BCUT2D eigenvalue weighted by molar-refractivity contribution is 0.00578. The Labute approximate surface area is 142 Å². The highest BCUT2D eigenvalue weighted by Crippen LogP contribution is 2.38. The zero-order valence-corrected chi connectivity index (χ0v) is 15.4. The molecule has 1 aromatic carbocycles. The molecule has 1 saturated heterocycles. The molecule has 0 amide bonds. The van der Waals surface area contributed by atoms with Gasteiger partial charge in [-0.25, -0.2) is 0 Å². The van der Waals surface area contributed by atoms with Crippen molar-refractivity contribution in [2.75, 3.05) is 0 Å². The highest BCUT2D eigenvalue weighted by atomic mass is 16.7. The topological polar surface area (TPSA) is 18.5 Å². The van der Waals surface area contributed by atoms with Crippen LogP contribution in [0.2, 0.25) is 0 Å². The van der Waals surface area contributed by atoms with Crippen molar-refractivity contribution in [2.24, 2.45) is 0 Å². The van der Waals surface area contributed by atoms with Gasteiger partial charge >= 0.3 is 7.12 Å². The number of hydrogen-bond donors (Lipinski definition) is 0. The predicted molar refractivity (Wildman–Crippen MR) is 99.3 cm³/mol. The van der Waals surface area contributed by atoms with Crippen LogP contribution in [0.3, 0.4) is 0 Å². The van der Waals surface area contributed by atoms with E-state index >= 15 is 0 Å². The first kappa shape index (κ1) is 18.3. The fourth-order valence-corrected chi connectivity index (χ4v) is 2.84. The minimum atomic E-state index is -0.280. The molecule has 23 heavy (non-hydrogen) atoms. The lowest BCUT2D eigenvalue weighted by Gasteiger charge is -2.32. The minimum absolute atomic E-state index is 0.263. The summed E-state index contributed by atoms with van der Waals surface area (Å²) in [6.45, 7) is 10.7. The Morgan fingerprint density at radius 1 is 0.957 bits per heavy atom. The summed E-state index contributed by atoms with van der Waals surface area (Å²) in [4.78, 5) is 0. The van der Waals surface area contributed by atoms with Crippen LogP contribution in [0.25, 0.3) is 5.57 Å². The van der Waals surface area contributed by atoms with Gasteiger partial charge in [-0.2, -0.15) is 0 Å². The molecule has 1 aliphatic rings. The zero-order chi connectivity index (χ0) is 16.9. The molecule has 0 atom stereocenters. The fraction of sp³-hybridized carbons (Fsp3) is 0.600. The Balaban J connectivity index is 2.14. The van der Waals surface area contributed by atoms with Gasteiger partial charge in [0.2, 0.25) is 0 Å². The second kappa shape index (κ2) is 7.68. The first-order valence-electron chi connectivity index (χ1n) is 8.97. The van der Waals surface area contributed by atoms with Crippen LogP contribution in [0.5, 0.6) is 0 Å². The Morgan fingerprint density at radius 3 is 2.13 bits per heavy atom. The van der Waals surface area contributed by atoms with Gasteiger partial charge in [-0.3, -0.25) is 0 Å². The van der Waals surface area contributed by atoms with Gasteiger partial charge in [0.15, 0.2) is 0 Å². The van der Waals surface area contributed by atoms with Gasteiger partial charge in [0.25, 0.3) is 0 Å². The molecule has 1 aliphatic heterocycles. The molecule has 1 aromatic rings. The lowest BCUT2D eigenvalue weighted by Crippen LogP contribution is -2.41. The summed E-state index contributed by atoms with van der Waals surface area (Å²) in [5.41, 5.74) is 2.05. The average molecular weight is 314 g/mol. The molecule has 0 aliphatic carbocycles. The highest BCUT2D eigenvalue weighted by molar-refractivity contribution is 6.53. The van der Waals surface area contributed by atoms with Crippen molar-refractivity contribution in [1.82, 2.24) is 0 Å². The summed E-state index contributed by atoms with van der Waals surface area (Å²) in [7, 11) is -0.263. The van der Waals surface area contributed by atoms with E-state index in [1.807, 2.05) is 0 Å². The second-order valence-corrected chi connectivity index (χ2v) is 7.49. The standard InChI is InChI=1S/C20H31BO2/c1-6-7-8-10-15-18(17-13-11-9-12-14-17)16-21-22-19(2,3)20(4,5)23-21/h9,11-14,16H,6-8,10,15H2,1-5H3/b18-16+. The molecular formula is C20H31BO2. The molecule has 0 bridgehead atoms. The van der Waals surface area contributed by atoms with Crippen molar-refractivity contribution >= 4 is 12.7 Å².